The van der Waals surface area contributed by atoms with Crippen molar-refractivity contribution in [2.45, 2.75) is 37.8 Å². The van der Waals surface area contributed by atoms with Gasteiger partial charge in [0.25, 0.3) is 0 Å². The summed E-state index contributed by atoms with van der Waals surface area (Å²) in [5, 5.41) is 12.9. The fraction of sp³-hybridized carbons (Fsp3) is 1.00. The van der Waals surface area contributed by atoms with Crippen LogP contribution in [0.25, 0.3) is 0 Å². The molecule has 2 rings (SSSR count). The van der Waals surface area contributed by atoms with Gasteiger partial charge in [-0.3, -0.25) is 10.0 Å². The third-order valence-electron chi connectivity index (χ3n) is 3.68. The largest absolute Gasteiger partial charge is 0.382 e. The van der Waals surface area contributed by atoms with Crippen molar-refractivity contribution in [1.82, 2.24) is 10.0 Å². The van der Waals surface area contributed by atoms with Crippen molar-refractivity contribution in [3.63, 3.8) is 0 Å². The molecule has 0 unspecified atom stereocenters. The van der Waals surface area contributed by atoms with Gasteiger partial charge in [0.2, 0.25) is 0 Å². The molecule has 0 aromatic carbocycles. The topological polar surface area (TPSA) is 49.7 Å². The van der Waals surface area contributed by atoms with Gasteiger partial charge < -0.3 is 9.47 Å². The zero-order chi connectivity index (χ0) is 12.8. The number of methoxy groups -OCH3 is 2. The monoisotopic (exact) mass is 256 g/mol. The minimum absolute atomic E-state index is 0.391. The standard InChI is InChI=1S/C12H24N4O2/c1-17-9-11-5-3-7-15(11)13-14-16-8-4-6-12(16)10-18-2/h11-12H,3-10H2,1-2H3/b14-13+/t11-,12-/m1/s1. The first-order chi connectivity index (χ1) is 8.85. The predicted molar refractivity (Wildman–Crippen MR) is 68.1 cm³/mol. The molecule has 0 amide bonds. The van der Waals surface area contributed by atoms with E-state index in [0.29, 0.717) is 12.1 Å². The maximum Gasteiger partial charge on any atom is 0.0722 e. The summed E-state index contributed by atoms with van der Waals surface area (Å²) in [4.78, 5) is 0. The Morgan fingerprint density at radius 1 is 0.889 bits per heavy atom. The summed E-state index contributed by atoms with van der Waals surface area (Å²) in [5.41, 5.74) is 0. The summed E-state index contributed by atoms with van der Waals surface area (Å²) in [6.45, 7) is 3.45. The summed E-state index contributed by atoms with van der Waals surface area (Å²) in [7, 11) is 3.48. The summed E-state index contributed by atoms with van der Waals surface area (Å²) in [5.74, 6) is 0. The fourth-order valence-electron chi connectivity index (χ4n) is 2.70. The summed E-state index contributed by atoms with van der Waals surface area (Å²) in [6, 6.07) is 0.782. The van der Waals surface area contributed by atoms with E-state index in [2.05, 4.69) is 20.5 Å². The average Bonchev–Trinajstić information content (AvgIpc) is 2.97. The van der Waals surface area contributed by atoms with E-state index in [1.165, 1.54) is 12.8 Å². The third-order valence-corrected chi connectivity index (χ3v) is 3.68. The SMILES string of the molecule is COC[C@H]1CCCN1/N=N/N1CCC[C@@H]1COC. The molecule has 2 atom stereocenters. The lowest BCUT2D eigenvalue weighted by Gasteiger charge is -2.22. The lowest BCUT2D eigenvalue weighted by Crippen LogP contribution is -2.31. The van der Waals surface area contributed by atoms with Crippen LogP contribution in [-0.4, -0.2) is 62.6 Å². The van der Waals surface area contributed by atoms with E-state index in [9.17, 15) is 0 Å². The first-order valence-electron chi connectivity index (χ1n) is 6.78. The summed E-state index contributed by atoms with van der Waals surface area (Å²) in [6.07, 6.45) is 4.64. The van der Waals surface area contributed by atoms with Crippen molar-refractivity contribution in [2.75, 3.05) is 40.5 Å². The summed E-state index contributed by atoms with van der Waals surface area (Å²) < 4.78 is 10.4. The minimum atomic E-state index is 0.391. The molecule has 6 heteroatoms. The van der Waals surface area contributed by atoms with Gasteiger partial charge in [-0.05, 0) is 25.7 Å². The number of hydrogen-bond donors (Lipinski definition) is 0. The van der Waals surface area contributed by atoms with Crippen molar-refractivity contribution in [3.05, 3.63) is 0 Å². The maximum atomic E-state index is 5.21. The lowest BCUT2D eigenvalue weighted by atomic mass is 10.2. The number of hydrogen-bond acceptors (Lipinski definition) is 4. The zero-order valence-corrected chi connectivity index (χ0v) is 11.4. The summed E-state index contributed by atoms with van der Waals surface area (Å²) >= 11 is 0. The Labute approximate surface area is 109 Å². The predicted octanol–water partition coefficient (Wildman–Crippen LogP) is 1.49. The van der Waals surface area contributed by atoms with Crippen LogP contribution in [0.15, 0.2) is 10.4 Å². The molecule has 6 nitrogen and oxygen atoms in total. The highest BCUT2D eigenvalue weighted by Gasteiger charge is 2.26. The fourth-order valence-corrected chi connectivity index (χ4v) is 2.70. The van der Waals surface area contributed by atoms with E-state index in [0.717, 1.165) is 39.1 Å². The van der Waals surface area contributed by atoms with Crippen LogP contribution >= 0.6 is 0 Å². The van der Waals surface area contributed by atoms with Gasteiger partial charge in [0.1, 0.15) is 0 Å². The van der Waals surface area contributed by atoms with E-state index < -0.39 is 0 Å². The van der Waals surface area contributed by atoms with E-state index in [1.54, 1.807) is 14.2 Å². The van der Waals surface area contributed by atoms with Crippen LogP contribution in [0, 0.1) is 0 Å². The second-order valence-corrected chi connectivity index (χ2v) is 5.01. The average molecular weight is 256 g/mol. The number of ether oxygens (including phenoxy) is 2. The Morgan fingerprint density at radius 3 is 1.72 bits per heavy atom. The van der Waals surface area contributed by atoms with Gasteiger partial charge in [-0.1, -0.05) is 10.4 Å². The Hall–Kier alpha value is -0.880. The molecule has 104 valence electrons. The van der Waals surface area contributed by atoms with Crippen molar-refractivity contribution < 1.29 is 9.47 Å². The van der Waals surface area contributed by atoms with Gasteiger partial charge in [-0.25, -0.2) is 0 Å². The Balaban J connectivity index is 1.85. The van der Waals surface area contributed by atoms with Crippen molar-refractivity contribution in [3.8, 4) is 0 Å². The van der Waals surface area contributed by atoms with Gasteiger partial charge in [0, 0.05) is 27.3 Å². The molecule has 2 fully saturated rings. The van der Waals surface area contributed by atoms with Crippen molar-refractivity contribution >= 4 is 0 Å². The molecule has 0 aromatic heterocycles. The Kier molecular flexibility index (Phi) is 5.19. The molecule has 2 aliphatic rings. The first-order valence-corrected chi connectivity index (χ1v) is 6.78. The molecule has 2 saturated heterocycles. The van der Waals surface area contributed by atoms with Gasteiger partial charge in [-0.2, -0.15) is 0 Å². The first kappa shape index (κ1) is 13.5. The highest BCUT2D eigenvalue weighted by atomic mass is 16.5. The van der Waals surface area contributed by atoms with E-state index in [4.69, 9.17) is 9.47 Å². The highest BCUT2D eigenvalue weighted by molar-refractivity contribution is 4.77. The molecule has 2 aliphatic heterocycles. The second kappa shape index (κ2) is 6.89. The van der Waals surface area contributed by atoms with E-state index in [-0.39, 0.29) is 0 Å². The molecule has 0 saturated carbocycles. The molecular formula is C12H24N4O2. The normalized spacial score (nSPS) is 28.8. The van der Waals surface area contributed by atoms with Crippen LogP contribution in [0.5, 0.6) is 0 Å². The van der Waals surface area contributed by atoms with Crippen molar-refractivity contribution in [2.24, 2.45) is 10.4 Å². The Morgan fingerprint density at radius 2 is 1.33 bits per heavy atom. The minimum Gasteiger partial charge on any atom is -0.382 e. The second-order valence-electron chi connectivity index (χ2n) is 5.01. The third kappa shape index (κ3) is 3.32. The van der Waals surface area contributed by atoms with E-state index in [1.807, 2.05) is 0 Å². The highest BCUT2D eigenvalue weighted by Crippen LogP contribution is 2.21. The maximum absolute atomic E-state index is 5.21. The Bertz CT molecular complexity index is 249. The van der Waals surface area contributed by atoms with Gasteiger partial charge in [-0.15, -0.1) is 0 Å². The number of nitrogens with zero attached hydrogens (tertiary/aromatic N) is 4. The van der Waals surface area contributed by atoms with Crippen LogP contribution in [-0.2, 0) is 9.47 Å². The number of rotatable bonds is 6. The molecule has 0 radical (unpaired) electrons. The smallest absolute Gasteiger partial charge is 0.0722 e. The van der Waals surface area contributed by atoms with Crippen LogP contribution < -0.4 is 0 Å². The van der Waals surface area contributed by atoms with Crippen LogP contribution in [0.3, 0.4) is 0 Å². The van der Waals surface area contributed by atoms with E-state index >= 15 is 0 Å². The van der Waals surface area contributed by atoms with Crippen molar-refractivity contribution in [1.29, 1.82) is 0 Å². The van der Waals surface area contributed by atoms with Crippen LogP contribution in [0.4, 0.5) is 0 Å². The van der Waals surface area contributed by atoms with Gasteiger partial charge >= 0.3 is 0 Å². The molecule has 0 bridgehead atoms. The molecule has 2 heterocycles. The lowest BCUT2D eigenvalue weighted by molar-refractivity contribution is 0.0846. The molecular weight excluding hydrogens is 232 g/mol. The zero-order valence-electron chi connectivity index (χ0n) is 11.4. The van der Waals surface area contributed by atoms with Gasteiger partial charge in [0.05, 0.1) is 25.3 Å². The quantitative estimate of drug-likeness (QED) is 0.676. The molecule has 0 aromatic rings. The molecule has 0 aliphatic carbocycles. The molecule has 0 spiro atoms. The molecule has 18 heavy (non-hydrogen) atoms. The van der Waals surface area contributed by atoms with Crippen LogP contribution in [0.2, 0.25) is 0 Å². The van der Waals surface area contributed by atoms with Crippen LogP contribution in [0.1, 0.15) is 25.7 Å². The van der Waals surface area contributed by atoms with Gasteiger partial charge in [0.15, 0.2) is 0 Å². The molecule has 0 N–H and O–H groups in total.